The summed E-state index contributed by atoms with van der Waals surface area (Å²) in [5.41, 5.74) is 3.66. The largest absolute Gasteiger partial charge is 0.482 e. The maximum atomic E-state index is 12.4. The SMILES string of the molecule is C[C@H](OC(=O)COc1ccc2c(c1)CCC2)C(=O)N(C)Cc1ccccc1. The lowest BCUT2D eigenvalue weighted by Gasteiger charge is -2.21. The van der Waals surface area contributed by atoms with E-state index in [0.717, 1.165) is 24.8 Å². The van der Waals surface area contributed by atoms with Crippen LogP contribution in [0.1, 0.15) is 30.0 Å². The Morgan fingerprint density at radius 2 is 1.81 bits per heavy atom. The molecule has 0 aliphatic heterocycles. The molecule has 3 rings (SSSR count). The minimum Gasteiger partial charge on any atom is -0.482 e. The van der Waals surface area contributed by atoms with Gasteiger partial charge in [-0.25, -0.2) is 4.79 Å². The number of benzene rings is 2. The number of nitrogens with zero attached hydrogens (tertiary/aromatic N) is 1. The Labute approximate surface area is 159 Å². The van der Waals surface area contributed by atoms with Gasteiger partial charge in [0.25, 0.3) is 5.91 Å². The van der Waals surface area contributed by atoms with E-state index >= 15 is 0 Å². The van der Waals surface area contributed by atoms with Crippen LogP contribution in [0.15, 0.2) is 48.5 Å². The molecule has 1 aliphatic rings. The molecule has 2 aromatic rings. The summed E-state index contributed by atoms with van der Waals surface area (Å²) in [7, 11) is 1.70. The lowest BCUT2D eigenvalue weighted by atomic mass is 10.1. The van der Waals surface area contributed by atoms with Crippen molar-refractivity contribution in [3.05, 3.63) is 65.2 Å². The number of ether oxygens (including phenoxy) is 2. The van der Waals surface area contributed by atoms with Crippen molar-refractivity contribution < 1.29 is 19.1 Å². The second-order valence-electron chi connectivity index (χ2n) is 6.88. The molecule has 0 bridgehead atoms. The highest BCUT2D eigenvalue weighted by Gasteiger charge is 2.22. The van der Waals surface area contributed by atoms with Crippen molar-refractivity contribution in [2.24, 2.45) is 0 Å². The highest BCUT2D eigenvalue weighted by atomic mass is 16.6. The summed E-state index contributed by atoms with van der Waals surface area (Å²) in [5, 5.41) is 0. The predicted molar refractivity (Wildman–Crippen MR) is 102 cm³/mol. The van der Waals surface area contributed by atoms with Gasteiger partial charge in [0.2, 0.25) is 0 Å². The molecule has 0 unspecified atom stereocenters. The molecule has 0 heterocycles. The Hall–Kier alpha value is -2.82. The zero-order chi connectivity index (χ0) is 19.2. The second-order valence-corrected chi connectivity index (χ2v) is 6.88. The van der Waals surface area contributed by atoms with Crippen LogP contribution in [0.25, 0.3) is 0 Å². The van der Waals surface area contributed by atoms with Gasteiger partial charge in [-0.05, 0) is 55.0 Å². The molecule has 2 aromatic carbocycles. The Kier molecular flexibility index (Phi) is 6.12. The van der Waals surface area contributed by atoms with E-state index in [9.17, 15) is 9.59 Å². The maximum absolute atomic E-state index is 12.4. The van der Waals surface area contributed by atoms with Crippen molar-refractivity contribution in [1.82, 2.24) is 4.90 Å². The van der Waals surface area contributed by atoms with Crippen LogP contribution in [-0.4, -0.2) is 36.5 Å². The number of likely N-dealkylation sites (N-methyl/N-ethyl adjacent to an activating group) is 1. The summed E-state index contributed by atoms with van der Waals surface area (Å²) in [5.74, 6) is -0.137. The first-order chi connectivity index (χ1) is 13.0. The Balaban J connectivity index is 1.46. The summed E-state index contributed by atoms with van der Waals surface area (Å²) >= 11 is 0. The first-order valence-corrected chi connectivity index (χ1v) is 9.26. The fourth-order valence-electron chi connectivity index (χ4n) is 3.31. The van der Waals surface area contributed by atoms with Gasteiger partial charge in [-0.15, -0.1) is 0 Å². The van der Waals surface area contributed by atoms with Gasteiger partial charge in [0.05, 0.1) is 0 Å². The molecule has 27 heavy (non-hydrogen) atoms. The Morgan fingerprint density at radius 1 is 1.07 bits per heavy atom. The molecule has 0 N–H and O–H groups in total. The summed E-state index contributed by atoms with van der Waals surface area (Å²) < 4.78 is 10.8. The number of aryl methyl sites for hydroxylation is 2. The molecular formula is C22H25NO4. The van der Waals surface area contributed by atoms with E-state index < -0.39 is 12.1 Å². The molecule has 0 saturated heterocycles. The smallest absolute Gasteiger partial charge is 0.344 e. The zero-order valence-corrected chi connectivity index (χ0v) is 15.8. The average molecular weight is 367 g/mol. The molecule has 0 fully saturated rings. The van der Waals surface area contributed by atoms with E-state index in [1.807, 2.05) is 48.5 Å². The molecule has 0 saturated carbocycles. The van der Waals surface area contributed by atoms with E-state index in [0.29, 0.717) is 12.3 Å². The lowest BCUT2D eigenvalue weighted by Crippen LogP contribution is -2.37. The summed E-state index contributed by atoms with van der Waals surface area (Å²) in [6.45, 7) is 1.84. The van der Waals surface area contributed by atoms with Gasteiger partial charge in [-0.2, -0.15) is 0 Å². The maximum Gasteiger partial charge on any atom is 0.344 e. The molecular weight excluding hydrogens is 342 g/mol. The molecule has 142 valence electrons. The molecule has 5 nitrogen and oxygen atoms in total. The second kappa shape index (κ2) is 8.71. The number of rotatable bonds is 7. The van der Waals surface area contributed by atoms with Crippen LogP contribution in [0.5, 0.6) is 5.75 Å². The van der Waals surface area contributed by atoms with Crippen LogP contribution >= 0.6 is 0 Å². The van der Waals surface area contributed by atoms with Crippen molar-refractivity contribution in [3.8, 4) is 5.75 Å². The van der Waals surface area contributed by atoms with Crippen molar-refractivity contribution >= 4 is 11.9 Å². The van der Waals surface area contributed by atoms with E-state index in [4.69, 9.17) is 9.47 Å². The van der Waals surface area contributed by atoms with Crippen LogP contribution < -0.4 is 4.74 Å². The molecule has 0 radical (unpaired) electrons. The van der Waals surface area contributed by atoms with E-state index in [1.165, 1.54) is 11.1 Å². The number of hydrogen-bond donors (Lipinski definition) is 0. The molecule has 0 spiro atoms. The highest BCUT2D eigenvalue weighted by molar-refractivity contribution is 5.83. The van der Waals surface area contributed by atoms with Crippen LogP contribution in [0.3, 0.4) is 0 Å². The van der Waals surface area contributed by atoms with Crippen molar-refractivity contribution in [2.45, 2.75) is 38.8 Å². The monoisotopic (exact) mass is 367 g/mol. The van der Waals surface area contributed by atoms with Gasteiger partial charge in [-0.1, -0.05) is 36.4 Å². The average Bonchev–Trinajstić information content (AvgIpc) is 3.14. The fraction of sp³-hybridized carbons (Fsp3) is 0.364. The van der Waals surface area contributed by atoms with Gasteiger partial charge in [0.1, 0.15) is 5.75 Å². The quantitative estimate of drug-likeness (QED) is 0.706. The summed E-state index contributed by atoms with van der Waals surface area (Å²) in [4.78, 5) is 26.0. The van der Waals surface area contributed by atoms with E-state index in [1.54, 1.807) is 18.9 Å². The number of amides is 1. The van der Waals surface area contributed by atoms with Crippen molar-refractivity contribution in [1.29, 1.82) is 0 Å². The summed E-state index contributed by atoms with van der Waals surface area (Å²) in [6, 6.07) is 15.6. The topological polar surface area (TPSA) is 55.8 Å². The van der Waals surface area contributed by atoms with Gasteiger partial charge < -0.3 is 14.4 Å². The third-order valence-electron chi connectivity index (χ3n) is 4.72. The van der Waals surface area contributed by atoms with Gasteiger partial charge in [0.15, 0.2) is 12.7 Å². The van der Waals surface area contributed by atoms with Crippen molar-refractivity contribution in [2.75, 3.05) is 13.7 Å². The van der Waals surface area contributed by atoms with Crippen LogP contribution in [0.2, 0.25) is 0 Å². The first kappa shape index (κ1) is 19.0. The van der Waals surface area contributed by atoms with Gasteiger partial charge in [-0.3, -0.25) is 4.79 Å². The third-order valence-corrected chi connectivity index (χ3v) is 4.72. The van der Waals surface area contributed by atoms with Crippen LogP contribution in [0, 0.1) is 0 Å². The minimum absolute atomic E-state index is 0.210. The van der Waals surface area contributed by atoms with E-state index in [2.05, 4.69) is 0 Å². The molecule has 1 aliphatic carbocycles. The molecule has 0 aromatic heterocycles. The standard InChI is InChI=1S/C22H25NO4/c1-16(22(25)23(2)14-17-7-4-3-5-8-17)27-21(24)15-26-20-12-11-18-9-6-10-19(18)13-20/h3-5,7-8,11-13,16H,6,9-10,14-15H2,1-2H3/t16-/m0/s1. The molecule has 1 amide bonds. The van der Waals surface area contributed by atoms with Crippen LogP contribution in [-0.2, 0) is 33.7 Å². The van der Waals surface area contributed by atoms with Crippen LogP contribution in [0.4, 0.5) is 0 Å². The van der Waals surface area contributed by atoms with Gasteiger partial charge in [0, 0.05) is 13.6 Å². The number of fused-ring (bicyclic) bond motifs is 1. The Morgan fingerprint density at radius 3 is 2.59 bits per heavy atom. The predicted octanol–water partition coefficient (Wildman–Crippen LogP) is 3.14. The zero-order valence-electron chi connectivity index (χ0n) is 15.8. The number of hydrogen-bond acceptors (Lipinski definition) is 4. The van der Waals surface area contributed by atoms with E-state index in [-0.39, 0.29) is 12.5 Å². The molecule has 5 heteroatoms. The third kappa shape index (κ3) is 5.09. The minimum atomic E-state index is -0.852. The summed E-state index contributed by atoms with van der Waals surface area (Å²) in [6.07, 6.45) is 2.47. The molecule has 1 atom stereocenters. The highest BCUT2D eigenvalue weighted by Crippen LogP contribution is 2.26. The lowest BCUT2D eigenvalue weighted by molar-refractivity contribution is -0.160. The fourth-order valence-corrected chi connectivity index (χ4v) is 3.31. The normalized spacial score (nSPS) is 13.6. The number of carbonyl (C=O) groups is 2. The Bertz CT molecular complexity index is 803. The van der Waals surface area contributed by atoms with Gasteiger partial charge >= 0.3 is 5.97 Å². The number of carbonyl (C=O) groups excluding carboxylic acids is 2. The van der Waals surface area contributed by atoms with Crippen molar-refractivity contribution in [3.63, 3.8) is 0 Å². The first-order valence-electron chi connectivity index (χ1n) is 9.26. The number of esters is 1.